The van der Waals surface area contributed by atoms with Gasteiger partial charge in [0, 0.05) is 37.0 Å². The highest BCUT2D eigenvalue weighted by atomic mass is 19.1. The molecule has 0 aliphatic heterocycles. The van der Waals surface area contributed by atoms with Crippen molar-refractivity contribution in [2.75, 3.05) is 11.9 Å². The SMILES string of the molecule is CCc1cccc(CNC[C@H](O)[C@H](Cc2cc(F)cc(F)c2)NC(=O)c2[nH]c3ccc(F)cc3c2NC(C)=O)c1. The summed E-state index contributed by atoms with van der Waals surface area (Å²) in [5.74, 6) is -3.29. The smallest absolute Gasteiger partial charge is 0.270 e. The van der Waals surface area contributed by atoms with E-state index in [2.05, 4.69) is 33.9 Å². The van der Waals surface area contributed by atoms with Crippen LogP contribution in [0.3, 0.4) is 0 Å². The van der Waals surface area contributed by atoms with E-state index >= 15 is 0 Å². The highest BCUT2D eigenvalue weighted by Gasteiger charge is 2.26. The summed E-state index contributed by atoms with van der Waals surface area (Å²) < 4.78 is 41.8. The van der Waals surface area contributed by atoms with Gasteiger partial charge in [-0.1, -0.05) is 31.2 Å². The zero-order valence-corrected chi connectivity index (χ0v) is 22.2. The van der Waals surface area contributed by atoms with Crippen LogP contribution in [0.2, 0.25) is 0 Å². The summed E-state index contributed by atoms with van der Waals surface area (Å²) >= 11 is 0. The first-order valence-corrected chi connectivity index (χ1v) is 12.9. The Bertz CT molecular complexity index is 1500. The van der Waals surface area contributed by atoms with Crippen LogP contribution in [-0.4, -0.2) is 40.6 Å². The van der Waals surface area contributed by atoms with Crippen LogP contribution in [0.1, 0.15) is 41.0 Å². The standard InChI is InChI=1S/C30H31F3N4O3/c1-3-18-5-4-6-19(9-18)15-34-16-27(39)26(12-20-10-22(32)13-23(33)11-20)37-30(40)29-28(35-17(2)38)24-14-21(31)7-8-25(24)36-29/h4-11,13-14,26-27,34,36,39H,3,12,15-16H2,1-2H3,(H,35,38)(H,37,40)/t26-,27-/m0/s1. The Balaban J connectivity index is 1.57. The van der Waals surface area contributed by atoms with Gasteiger partial charge in [0.15, 0.2) is 0 Å². The Labute approximate surface area is 229 Å². The van der Waals surface area contributed by atoms with Gasteiger partial charge in [-0.25, -0.2) is 13.2 Å². The van der Waals surface area contributed by atoms with Crippen LogP contribution < -0.4 is 16.0 Å². The van der Waals surface area contributed by atoms with Crippen LogP contribution >= 0.6 is 0 Å². The van der Waals surface area contributed by atoms with Crippen molar-refractivity contribution >= 4 is 28.4 Å². The Morgan fingerprint density at radius 1 is 0.925 bits per heavy atom. The van der Waals surface area contributed by atoms with Gasteiger partial charge in [-0.2, -0.15) is 0 Å². The van der Waals surface area contributed by atoms with E-state index < -0.39 is 41.4 Å². The zero-order valence-electron chi connectivity index (χ0n) is 22.2. The number of hydrogen-bond donors (Lipinski definition) is 5. The van der Waals surface area contributed by atoms with E-state index in [4.69, 9.17) is 0 Å². The molecule has 210 valence electrons. The van der Waals surface area contributed by atoms with Crippen LogP contribution in [0.15, 0.2) is 60.7 Å². The molecule has 40 heavy (non-hydrogen) atoms. The first kappa shape index (κ1) is 28.8. The van der Waals surface area contributed by atoms with Gasteiger partial charge in [0.25, 0.3) is 5.91 Å². The highest BCUT2D eigenvalue weighted by Crippen LogP contribution is 2.29. The number of anilines is 1. The molecular weight excluding hydrogens is 521 g/mol. The fourth-order valence-corrected chi connectivity index (χ4v) is 4.61. The third-order valence-corrected chi connectivity index (χ3v) is 6.53. The molecule has 7 nitrogen and oxygen atoms in total. The molecule has 1 aromatic heterocycles. The minimum atomic E-state index is -1.16. The third-order valence-electron chi connectivity index (χ3n) is 6.53. The molecule has 5 N–H and O–H groups in total. The Morgan fingerprint density at radius 3 is 2.35 bits per heavy atom. The number of amides is 2. The van der Waals surface area contributed by atoms with Crippen molar-refractivity contribution in [2.24, 2.45) is 0 Å². The number of aryl methyl sites for hydroxylation is 1. The zero-order chi connectivity index (χ0) is 28.8. The van der Waals surface area contributed by atoms with Crippen molar-refractivity contribution in [1.29, 1.82) is 0 Å². The van der Waals surface area contributed by atoms with Crippen LogP contribution in [-0.2, 0) is 24.2 Å². The van der Waals surface area contributed by atoms with Crippen LogP contribution in [0.5, 0.6) is 0 Å². The summed E-state index contributed by atoms with van der Waals surface area (Å²) in [6.07, 6.45) is -0.357. The van der Waals surface area contributed by atoms with Gasteiger partial charge in [0.05, 0.1) is 17.8 Å². The Hall–Kier alpha value is -4.15. The summed E-state index contributed by atoms with van der Waals surface area (Å²) in [6.45, 7) is 3.84. The number of rotatable bonds is 11. The lowest BCUT2D eigenvalue weighted by molar-refractivity contribution is -0.114. The molecule has 1 heterocycles. The topological polar surface area (TPSA) is 106 Å². The van der Waals surface area contributed by atoms with E-state index in [-0.39, 0.29) is 29.9 Å². The van der Waals surface area contributed by atoms with Gasteiger partial charge in [0.2, 0.25) is 5.91 Å². The number of H-pyrrole nitrogens is 1. The molecule has 0 fully saturated rings. The minimum Gasteiger partial charge on any atom is -0.390 e. The van der Waals surface area contributed by atoms with Crippen molar-refractivity contribution in [3.63, 3.8) is 0 Å². The minimum absolute atomic E-state index is 0.0530. The predicted molar refractivity (Wildman–Crippen MR) is 147 cm³/mol. The van der Waals surface area contributed by atoms with E-state index in [1.807, 2.05) is 18.2 Å². The summed E-state index contributed by atoms with van der Waals surface area (Å²) in [4.78, 5) is 28.2. The van der Waals surface area contributed by atoms with E-state index in [1.54, 1.807) is 0 Å². The molecule has 2 amide bonds. The second-order valence-electron chi connectivity index (χ2n) is 9.68. The fraction of sp³-hybridized carbons (Fsp3) is 0.267. The molecule has 2 atom stereocenters. The molecule has 10 heteroatoms. The Morgan fingerprint density at radius 2 is 1.65 bits per heavy atom. The second kappa shape index (κ2) is 12.8. The molecule has 0 aliphatic carbocycles. The van der Waals surface area contributed by atoms with Crippen LogP contribution in [0, 0.1) is 17.5 Å². The van der Waals surface area contributed by atoms with E-state index in [0.717, 1.165) is 30.2 Å². The largest absolute Gasteiger partial charge is 0.390 e. The third kappa shape index (κ3) is 7.28. The van der Waals surface area contributed by atoms with Gasteiger partial charge in [-0.05, 0) is 59.9 Å². The lowest BCUT2D eigenvalue weighted by Gasteiger charge is -2.25. The van der Waals surface area contributed by atoms with E-state index in [0.29, 0.717) is 17.4 Å². The van der Waals surface area contributed by atoms with Crippen molar-refractivity contribution in [2.45, 2.75) is 45.4 Å². The number of benzene rings is 3. The molecule has 0 aliphatic rings. The van der Waals surface area contributed by atoms with Gasteiger partial charge in [0.1, 0.15) is 23.1 Å². The highest BCUT2D eigenvalue weighted by molar-refractivity contribution is 6.12. The monoisotopic (exact) mass is 552 g/mol. The maximum atomic E-state index is 13.9. The number of aromatic amines is 1. The molecule has 0 saturated carbocycles. The quantitative estimate of drug-likeness (QED) is 0.188. The molecule has 0 unspecified atom stereocenters. The maximum absolute atomic E-state index is 13.9. The number of carbonyl (C=O) groups is 2. The lowest BCUT2D eigenvalue weighted by Crippen LogP contribution is -2.48. The maximum Gasteiger partial charge on any atom is 0.270 e. The number of aliphatic hydroxyl groups excluding tert-OH is 1. The molecule has 3 aromatic carbocycles. The van der Waals surface area contributed by atoms with Crippen molar-refractivity contribution in [3.05, 3.63) is 100 Å². The molecule has 4 aromatic rings. The average molecular weight is 553 g/mol. The van der Waals surface area contributed by atoms with E-state index in [9.17, 15) is 27.9 Å². The number of aromatic nitrogens is 1. The van der Waals surface area contributed by atoms with E-state index in [1.165, 1.54) is 30.7 Å². The summed E-state index contributed by atoms with van der Waals surface area (Å²) in [7, 11) is 0. The second-order valence-corrected chi connectivity index (χ2v) is 9.68. The van der Waals surface area contributed by atoms with Crippen molar-refractivity contribution < 1.29 is 27.9 Å². The first-order valence-electron chi connectivity index (χ1n) is 12.9. The molecule has 4 rings (SSSR count). The van der Waals surface area contributed by atoms with Crippen LogP contribution in [0.4, 0.5) is 18.9 Å². The normalized spacial score (nSPS) is 12.8. The fourth-order valence-electron chi connectivity index (χ4n) is 4.61. The molecule has 0 saturated heterocycles. The molecular formula is C30H31F3N4O3. The van der Waals surface area contributed by atoms with Gasteiger partial charge in [-0.3, -0.25) is 9.59 Å². The first-order chi connectivity index (χ1) is 19.1. The summed E-state index contributed by atoms with van der Waals surface area (Å²) in [5.41, 5.74) is 2.87. The molecule has 0 radical (unpaired) electrons. The molecule has 0 spiro atoms. The lowest BCUT2D eigenvalue weighted by atomic mass is 10.00. The number of carbonyl (C=O) groups excluding carboxylic acids is 2. The van der Waals surface area contributed by atoms with Gasteiger partial charge >= 0.3 is 0 Å². The predicted octanol–water partition coefficient (Wildman–Crippen LogP) is 4.60. The van der Waals surface area contributed by atoms with Crippen molar-refractivity contribution in [3.8, 4) is 0 Å². The number of hydrogen-bond acceptors (Lipinski definition) is 4. The summed E-state index contributed by atoms with van der Waals surface area (Å²) in [6, 6.07) is 13.8. The van der Waals surface area contributed by atoms with Crippen molar-refractivity contribution in [1.82, 2.24) is 15.6 Å². The number of halogens is 3. The average Bonchev–Trinajstić information content (AvgIpc) is 3.24. The number of nitrogens with one attached hydrogen (secondary N) is 4. The molecule has 0 bridgehead atoms. The van der Waals surface area contributed by atoms with Gasteiger partial charge < -0.3 is 26.0 Å². The summed E-state index contributed by atoms with van der Waals surface area (Å²) in [5, 5.41) is 19.8. The number of aliphatic hydroxyl groups is 1. The van der Waals surface area contributed by atoms with Crippen LogP contribution in [0.25, 0.3) is 10.9 Å². The van der Waals surface area contributed by atoms with Gasteiger partial charge in [-0.15, -0.1) is 0 Å². The Kier molecular flexibility index (Phi) is 9.23. The number of fused-ring (bicyclic) bond motifs is 1.